The molecule has 1 aromatic carbocycles. The molecule has 35 heavy (non-hydrogen) atoms. The van der Waals surface area contributed by atoms with Crippen molar-refractivity contribution in [2.45, 2.75) is 57.7 Å². The standard InChI is InChI=1S/C27H29F3N2O3/c1-16-19(12-32-13-20(14-32)26(33)34)6-5-18-11-22(8-10-23(16)18)35-15-21-7-9-24(17-3-2-4-17)25(31-21)27(28,29)30/h7-11,17,20H,2-6,12-15H2,1H3,(H,33,34). The van der Waals surface area contributed by atoms with Gasteiger partial charge in [-0.25, -0.2) is 4.98 Å². The molecule has 2 aromatic rings. The van der Waals surface area contributed by atoms with Crippen LogP contribution >= 0.6 is 0 Å². The lowest BCUT2D eigenvalue weighted by Crippen LogP contribution is -2.50. The number of nitrogens with zero attached hydrogens (tertiary/aromatic N) is 2. The number of aromatic nitrogens is 1. The highest BCUT2D eigenvalue weighted by atomic mass is 19.4. The van der Waals surface area contributed by atoms with Crippen LogP contribution in [0.2, 0.25) is 0 Å². The first-order valence-corrected chi connectivity index (χ1v) is 12.2. The Morgan fingerprint density at radius 3 is 2.60 bits per heavy atom. The highest BCUT2D eigenvalue weighted by Gasteiger charge is 2.38. The molecule has 0 spiro atoms. The lowest BCUT2D eigenvalue weighted by Gasteiger charge is -2.38. The number of fused-ring (bicyclic) bond motifs is 1. The van der Waals surface area contributed by atoms with Crippen molar-refractivity contribution in [2.75, 3.05) is 19.6 Å². The number of rotatable bonds is 7. The van der Waals surface area contributed by atoms with Crippen LogP contribution in [-0.4, -0.2) is 40.6 Å². The van der Waals surface area contributed by atoms with Gasteiger partial charge in [-0.1, -0.05) is 24.1 Å². The average molecular weight is 487 g/mol. The number of alkyl halides is 3. The van der Waals surface area contributed by atoms with Crippen molar-refractivity contribution in [3.63, 3.8) is 0 Å². The Morgan fingerprint density at radius 1 is 1.17 bits per heavy atom. The molecule has 1 aliphatic heterocycles. The van der Waals surface area contributed by atoms with Crippen LogP contribution < -0.4 is 4.74 Å². The molecule has 0 bridgehead atoms. The Balaban J connectivity index is 1.25. The third kappa shape index (κ3) is 4.94. The number of carbonyl (C=O) groups is 1. The van der Waals surface area contributed by atoms with E-state index in [1.165, 1.54) is 11.1 Å². The fourth-order valence-corrected chi connectivity index (χ4v) is 5.24. The maximum atomic E-state index is 13.6. The van der Waals surface area contributed by atoms with Gasteiger partial charge < -0.3 is 9.84 Å². The Hall–Kier alpha value is -2.87. The number of benzene rings is 1. The van der Waals surface area contributed by atoms with Gasteiger partial charge >= 0.3 is 12.1 Å². The van der Waals surface area contributed by atoms with Crippen LogP contribution in [-0.2, 0) is 24.0 Å². The number of pyridine rings is 1. The van der Waals surface area contributed by atoms with Crippen LogP contribution in [0.3, 0.4) is 0 Å². The second-order valence-electron chi connectivity index (χ2n) is 9.93. The fourth-order valence-electron chi connectivity index (χ4n) is 5.24. The first kappa shape index (κ1) is 23.9. The molecular weight excluding hydrogens is 457 g/mol. The summed E-state index contributed by atoms with van der Waals surface area (Å²) in [5.74, 6) is -0.420. The van der Waals surface area contributed by atoms with Crippen LogP contribution in [0.1, 0.15) is 66.6 Å². The molecule has 3 aliphatic rings. The highest BCUT2D eigenvalue weighted by Crippen LogP contribution is 2.42. The number of ether oxygens (including phenoxy) is 1. The van der Waals surface area contributed by atoms with Crippen molar-refractivity contribution in [3.8, 4) is 5.75 Å². The van der Waals surface area contributed by atoms with E-state index in [2.05, 4.69) is 16.8 Å². The molecule has 1 saturated carbocycles. The molecule has 0 atom stereocenters. The molecule has 0 unspecified atom stereocenters. The quantitative estimate of drug-likeness (QED) is 0.545. The molecule has 0 radical (unpaired) electrons. The molecule has 0 amide bonds. The number of halogens is 3. The second kappa shape index (κ2) is 9.30. The Labute approximate surface area is 202 Å². The molecule has 1 N–H and O–H groups in total. The van der Waals surface area contributed by atoms with Gasteiger partial charge in [0.15, 0.2) is 0 Å². The van der Waals surface area contributed by atoms with Gasteiger partial charge in [0.2, 0.25) is 0 Å². The maximum Gasteiger partial charge on any atom is 0.433 e. The summed E-state index contributed by atoms with van der Waals surface area (Å²) < 4.78 is 46.6. The number of hydrogen-bond donors (Lipinski definition) is 1. The topological polar surface area (TPSA) is 62.7 Å². The number of carboxylic acid groups (broad SMARTS) is 1. The van der Waals surface area contributed by atoms with Crippen LogP contribution in [0.5, 0.6) is 5.75 Å². The van der Waals surface area contributed by atoms with E-state index in [-0.39, 0.29) is 24.1 Å². The van der Waals surface area contributed by atoms with Crippen molar-refractivity contribution < 1.29 is 27.8 Å². The molecule has 8 heteroatoms. The lowest BCUT2D eigenvalue weighted by molar-refractivity contribution is -0.147. The average Bonchev–Trinajstić information content (AvgIpc) is 2.74. The normalized spacial score (nSPS) is 19.2. The van der Waals surface area contributed by atoms with Gasteiger partial charge in [0.05, 0.1) is 11.6 Å². The van der Waals surface area contributed by atoms with Gasteiger partial charge in [0.25, 0.3) is 0 Å². The molecule has 186 valence electrons. The van der Waals surface area contributed by atoms with E-state index >= 15 is 0 Å². The highest BCUT2D eigenvalue weighted by molar-refractivity contribution is 5.73. The predicted molar refractivity (Wildman–Crippen MR) is 125 cm³/mol. The Bertz CT molecular complexity index is 1160. The molecular formula is C27H29F3N2O3. The van der Waals surface area contributed by atoms with E-state index in [0.29, 0.717) is 24.4 Å². The van der Waals surface area contributed by atoms with Crippen LogP contribution in [0, 0.1) is 5.92 Å². The summed E-state index contributed by atoms with van der Waals surface area (Å²) in [5.41, 5.74) is 4.63. The van der Waals surface area contributed by atoms with Gasteiger partial charge in [0.1, 0.15) is 18.1 Å². The van der Waals surface area contributed by atoms with E-state index < -0.39 is 17.8 Å². The fraction of sp³-hybridized carbons (Fsp3) is 0.481. The number of aryl methyl sites for hydroxylation is 1. The Morgan fingerprint density at radius 2 is 1.94 bits per heavy atom. The summed E-state index contributed by atoms with van der Waals surface area (Å²) in [5, 5.41) is 9.07. The summed E-state index contributed by atoms with van der Waals surface area (Å²) in [6, 6.07) is 9.03. The lowest BCUT2D eigenvalue weighted by atomic mass is 9.79. The van der Waals surface area contributed by atoms with Crippen LogP contribution in [0.25, 0.3) is 5.57 Å². The molecule has 1 saturated heterocycles. The Kier molecular flexibility index (Phi) is 6.34. The minimum atomic E-state index is -4.47. The zero-order chi connectivity index (χ0) is 24.7. The summed E-state index contributed by atoms with van der Waals surface area (Å²) in [7, 11) is 0. The predicted octanol–water partition coefficient (Wildman–Crippen LogP) is 5.68. The van der Waals surface area contributed by atoms with Gasteiger partial charge in [0, 0.05) is 19.6 Å². The minimum Gasteiger partial charge on any atom is -0.487 e. The van der Waals surface area contributed by atoms with Crippen molar-refractivity contribution in [1.29, 1.82) is 0 Å². The second-order valence-corrected chi connectivity index (χ2v) is 9.93. The summed E-state index contributed by atoms with van der Waals surface area (Å²) in [6.45, 7) is 4.05. The number of carboxylic acids is 1. The van der Waals surface area contributed by atoms with E-state index in [1.54, 1.807) is 12.1 Å². The van der Waals surface area contributed by atoms with E-state index in [9.17, 15) is 18.0 Å². The smallest absolute Gasteiger partial charge is 0.433 e. The number of aliphatic carboxylic acids is 1. The van der Waals surface area contributed by atoms with Gasteiger partial charge in [-0.15, -0.1) is 0 Å². The molecule has 1 aromatic heterocycles. The summed E-state index contributed by atoms with van der Waals surface area (Å²) in [6.07, 6.45) is -0.195. The molecule has 2 heterocycles. The van der Waals surface area contributed by atoms with E-state index in [4.69, 9.17) is 9.84 Å². The van der Waals surface area contributed by atoms with Gasteiger partial charge in [-0.05, 0) is 79.0 Å². The number of hydrogen-bond acceptors (Lipinski definition) is 4. The molecule has 2 aliphatic carbocycles. The minimum absolute atomic E-state index is 0.0212. The number of likely N-dealkylation sites (tertiary alicyclic amines) is 1. The molecule has 2 fully saturated rings. The van der Waals surface area contributed by atoms with Crippen molar-refractivity contribution in [2.24, 2.45) is 5.92 Å². The summed E-state index contributed by atoms with van der Waals surface area (Å²) >= 11 is 0. The SMILES string of the molecule is CC1=C(CN2CC(C(=O)O)C2)CCc2cc(OCc3ccc(C4CCC4)c(C(F)(F)F)n3)ccc21. The van der Waals surface area contributed by atoms with E-state index in [1.807, 2.05) is 18.2 Å². The molecule has 5 nitrogen and oxygen atoms in total. The zero-order valence-electron chi connectivity index (χ0n) is 19.7. The van der Waals surface area contributed by atoms with Gasteiger partial charge in [-0.3, -0.25) is 9.69 Å². The maximum absolute atomic E-state index is 13.6. The number of allylic oxidation sites excluding steroid dienone is 1. The first-order chi connectivity index (χ1) is 16.7. The first-order valence-electron chi connectivity index (χ1n) is 12.2. The zero-order valence-corrected chi connectivity index (χ0v) is 19.7. The third-order valence-corrected chi connectivity index (χ3v) is 7.61. The largest absolute Gasteiger partial charge is 0.487 e. The van der Waals surface area contributed by atoms with Crippen molar-refractivity contribution in [3.05, 3.63) is 64.0 Å². The molecule has 5 rings (SSSR count). The monoisotopic (exact) mass is 486 g/mol. The van der Waals surface area contributed by atoms with Gasteiger partial charge in [-0.2, -0.15) is 13.2 Å². The summed E-state index contributed by atoms with van der Waals surface area (Å²) in [4.78, 5) is 17.1. The third-order valence-electron chi connectivity index (χ3n) is 7.61. The van der Waals surface area contributed by atoms with Crippen molar-refractivity contribution in [1.82, 2.24) is 9.88 Å². The van der Waals surface area contributed by atoms with Crippen LogP contribution in [0.4, 0.5) is 13.2 Å². The van der Waals surface area contributed by atoms with E-state index in [0.717, 1.165) is 49.8 Å². The van der Waals surface area contributed by atoms with Crippen molar-refractivity contribution >= 4 is 11.5 Å². The van der Waals surface area contributed by atoms with Crippen LogP contribution in [0.15, 0.2) is 35.9 Å².